The van der Waals surface area contributed by atoms with Crippen molar-refractivity contribution in [2.45, 2.75) is 6.10 Å². The summed E-state index contributed by atoms with van der Waals surface area (Å²) in [6.07, 6.45) is 3.28. The molecule has 9 nitrogen and oxygen atoms in total. The lowest BCUT2D eigenvalue weighted by Gasteiger charge is -2.13. The number of rotatable bonds is 8. The number of benzene rings is 2. The number of cyclic esters (lactones) is 1. The summed E-state index contributed by atoms with van der Waals surface area (Å²) < 4.78 is 19.2. The first-order valence-corrected chi connectivity index (χ1v) is 9.57. The zero-order valence-electron chi connectivity index (χ0n) is 17.2. The van der Waals surface area contributed by atoms with E-state index in [0.717, 1.165) is 17.2 Å². The second-order valence-electron chi connectivity index (χ2n) is 6.81. The van der Waals surface area contributed by atoms with Crippen LogP contribution in [0, 0.1) is 5.82 Å². The molecule has 0 radical (unpaired) electrons. The van der Waals surface area contributed by atoms with Gasteiger partial charge >= 0.3 is 6.09 Å². The number of hydrogen-bond donors (Lipinski definition) is 2. The van der Waals surface area contributed by atoms with E-state index in [1.54, 1.807) is 12.3 Å². The highest BCUT2D eigenvalue weighted by Crippen LogP contribution is 2.23. The molecule has 0 spiro atoms. The molecule has 2 aromatic rings. The van der Waals surface area contributed by atoms with E-state index in [1.807, 2.05) is 24.3 Å². The van der Waals surface area contributed by atoms with Gasteiger partial charge in [0.1, 0.15) is 19.0 Å². The minimum Gasteiger partial charge on any atom is -0.442 e. The van der Waals surface area contributed by atoms with Crippen molar-refractivity contribution < 1.29 is 28.3 Å². The summed E-state index contributed by atoms with van der Waals surface area (Å²) in [4.78, 5) is 41.2. The van der Waals surface area contributed by atoms with Crippen molar-refractivity contribution in [1.29, 1.82) is 0 Å². The molecule has 0 unspecified atom stereocenters. The molecule has 1 heterocycles. The third-order valence-electron chi connectivity index (χ3n) is 4.58. The second-order valence-corrected chi connectivity index (χ2v) is 6.81. The first-order chi connectivity index (χ1) is 15.4. The van der Waals surface area contributed by atoms with E-state index in [0.29, 0.717) is 0 Å². The first kappa shape index (κ1) is 22.5. The topological polar surface area (TPSA) is 123 Å². The van der Waals surface area contributed by atoms with Crippen LogP contribution in [0.1, 0.15) is 21.5 Å². The number of oxime groups is 1. The maximum atomic E-state index is 14.0. The number of primary amides is 1. The Hall–Kier alpha value is -4.21. The molecule has 1 fully saturated rings. The van der Waals surface area contributed by atoms with Crippen LogP contribution in [0.25, 0.3) is 6.08 Å². The highest BCUT2D eigenvalue weighted by molar-refractivity contribution is 5.95. The van der Waals surface area contributed by atoms with Crippen molar-refractivity contribution in [2.75, 3.05) is 25.1 Å². The summed E-state index contributed by atoms with van der Waals surface area (Å²) in [5.41, 5.74) is 6.71. The van der Waals surface area contributed by atoms with E-state index in [-0.39, 0.29) is 30.2 Å². The van der Waals surface area contributed by atoms with Crippen molar-refractivity contribution in [3.8, 4) is 0 Å². The molecule has 1 aliphatic rings. The van der Waals surface area contributed by atoms with Gasteiger partial charge in [0.2, 0.25) is 5.91 Å². The summed E-state index contributed by atoms with van der Waals surface area (Å²) in [6, 6.07) is 10.9. The largest absolute Gasteiger partial charge is 0.442 e. The number of halogens is 1. The van der Waals surface area contributed by atoms with Gasteiger partial charge in [-0.25, -0.2) is 9.18 Å². The van der Waals surface area contributed by atoms with Crippen molar-refractivity contribution in [1.82, 2.24) is 5.32 Å². The fourth-order valence-corrected chi connectivity index (χ4v) is 2.96. The minimum atomic E-state index is -0.900. The van der Waals surface area contributed by atoms with E-state index in [1.165, 1.54) is 30.2 Å². The Morgan fingerprint density at radius 1 is 1.28 bits per heavy atom. The van der Waals surface area contributed by atoms with Crippen molar-refractivity contribution in [3.63, 3.8) is 0 Å². The molecular formula is C22H21FN4O5. The normalized spacial score (nSPS) is 15.9. The SMILES string of the molecule is CO/N=C\c1ccc(/C=C/C(=O)NC[C@H]2CN(c3ccc(C(N)=O)c(F)c3)C(=O)O2)cc1. The monoisotopic (exact) mass is 440 g/mol. The number of nitrogens with one attached hydrogen (secondary N) is 1. The van der Waals surface area contributed by atoms with Gasteiger partial charge in [0.05, 0.1) is 30.6 Å². The lowest BCUT2D eigenvalue weighted by Crippen LogP contribution is -2.33. The highest BCUT2D eigenvalue weighted by Gasteiger charge is 2.32. The minimum absolute atomic E-state index is 0.0830. The van der Waals surface area contributed by atoms with Gasteiger partial charge < -0.3 is 20.6 Å². The first-order valence-electron chi connectivity index (χ1n) is 9.57. The molecule has 0 bridgehead atoms. The lowest BCUT2D eigenvalue weighted by molar-refractivity contribution is -0.116. The number of carbonyl (C=O) groups is 3. The highest BCUT2D eigenvalue weighted by atomic mass is 19.1. The van der Waals surface area contributed by atoms with Crippen LogP contribution in [0.2, 0.25) is 0 Å². The van der Waals surface area contributed by atoms with Crippen molar-refractivity contribution >= 4 is 35.9 Å². The maximum absolute atomic E-state index is 14.0. The molecule has 0 aliphatic carbocycles. The fraction of sp³-hybridized carbons (Fsp3) is 0.182. The lowest BCUT2D eigenvalue weighted by atomic mass is 10.1. The number of amides is 3. The van der Waals surface area contributed by atoms with Gasteiger partial charge in [-0.3, -0.25) is 14.5 Å². The summed E-state index contributed by atoms with van der Waals surface area (Å²) in [7, 11) is 1.46. The average molecular weight is 440 g/mol. The molecule has 0 aromatic heterocycles. The molecular weight excluding hydrogens is 419 g/mol. The third-order valence-corrected chi connectivity index (χ3v) is 4.58. The van der Waals surface area contributed by atoms with Gasteiger partial charge in [-0.05, 0) is 35.4 Å². The van der Waals surface area contributed by atoms with Gasteiger partial charge in [-0.2, -0.15) is 0 Å². The molecule has 166 valence electrons. The molecule has 2 aromatic carbocycles. The van der Waals surface area contributed by atoms with Gasteiger partial charge in [0, 0.05) is 6.08 Å². The molecule has 32 heavy (non-hydrogen) atoms. The van der Waals surface area contributed by atoms with Crippen LogP contribution < -0.4 is 16.0 Å². The van der Waals surface area contributed by atoms with Gasteiger partial charge in [0.25, 0.3) is 5.91 Å². The Morgan fingerprint density at radius 3 is 2.66 bits per heavy atom. The van der Waals surface area contributed by atoms with Crippen molar-refractivity contribution in [2.24, 2.45) is 10.9 Å². The van der Waals surface area contributed by atoms with E-state index >= 15 is 0 Å². The van der Waals surface area contributed by atoms with Crippen LogP contribution in [0.5, 0.6) is 0 Å². The summed E-state index contributed by atoms with van der Waals surface area (Å²) in [5.74, 6) is -2.09. The zero-order valence-corrected chi connectivity index (χ0v) is 17.2. The summed E-state index contributed by atoms with van der Waals surface area (Å²) in [6.45, 7) is 0.197. The van der Waals surface area contributed by atoms with E-state index in [4.69, 9.17) is 10.5 Å². The number of nitrogens with two attached hydrogens (primary N) is 1. The summed E-state index contributed by atoms with van der Waals surface area (Å²) in [5, 5.41) is 6.33. The standard InChI is InChI=1S/C22H21FN4O5/c1-31-26-11-15-4-2-14(3-5-15)6-9-20(28)25-12-17-13-27(22(30)32-17)16-7-8-18(21(24)29)19(23)10-16/h2-11,17H,12-13H2,1H3,(H2,24,29)(H,25,28)/b9-6+,26-11-/t17-/m0/s1. The third kappa shape index (κ3) is 5.69. The Kier molecular flexibility index (Phi) is 7.17. The Morgan fingerprint density at radius 2 is 2.00 bits per heavy atom. The fourth-order valence-electron chi connectivity index (χ4n) is 2.96. The number of hydrogen-bond acceptors (Lipinski definition) is 6. The smallest absolute Gasteiger partial charge is 0.414 e. The summed E-state index contributed by atoms with van der Waals surface area (Å²) >= 11 is 0. The Balaban J connectivity index is 1.52. The maximum Gasteiger partial charge on any atom is 0.414 e. The molecule has 1 aliphatic heterocycles. The molecule has 3 rings (SSSR count). The quantitative estimate of drug-likeness (QED) is 0.370. The van der Waals surface area contributed by atoms with Crippen LogP contribution in [-0.4, -0.2) is 50.4 Å². The van der Waals surface area contributed by atoms with E-state index in [2.05, 4.69) is 15.3 Å². The van der Waals surface area contributed by atoms with E-state index in [9.17, 15) is 18.8 Å². The van der Waals surface area contributed by atoms with Crippen LogP contribution in [0.3, 0.4) is 0 Å². The van der Waals surface area contributed by atoms with Crippen LogP contribution in [0.4, 0.5) is 14.9 Å². The number of ether oxygens (including phenoxy) is 1. The van der Waals surface area contributed by atoms with Crippen LogP contribution >= 0.6 is 0 Å². The average Bonchev–Trinajstić information content (AvgIpc) is 3.15. The van der Waals surface area contributed by atoms with Gasteiger partial charge in [0.15, 0.2) is 0 Å². The molecule has 10 heteroatoms. The number of carbonyl (C=O) groups excluding carboxylic acids is 3. The van der Waals surface area contributed by atoms with Crippen molar-refractivity contribution in [3.05, 3.63) is 71.0 Å². The Bertz CT molecular complexity index is 1070. The van der Waals surface area contributed by atoms with Gasteiger partial charge in [-0.15, -0.1) is 0 Å². The molecule has 0 saturated carbocycles. The van der Waals surface area contributed by atoms with Crippen LogP contribution in [0.15, 0.2) is 53.7 Å². The molecule has 3 N–H and O–H groups in total. The van der Waals surface area contributed by atoms with Crippen LogP contribution in [-0.2, 0) is 14.4 Å². The molecule has 1 atom stereocenters. The second kappa shape index (κ2) is 10.2. The molecule has 3 amide bonds. The van der Waals surface area contributed by atoms with E-state index < -0.39 is 23.9 Å². The number of anilines is 1. The predicted octanol–water partition coefficient (Wildman–Crippen LogP) is 2.06. The van der Waals surface area contributed by atoms with Gasteiger partial charge in [-0.1, -0.05) is 29.4 Å². The number of nitrogens with zero attached hydrogens (tertiary/aromatic N) is 2. The Labute approximate surface area is 183 Å². The molecule has 1 saturated heterocycles. The zero-order chi connectivity index (χ0) is 23.1. The predicted molar refractivity (Wildman–Crippen MR) is 116 cm³/mol.